The van der Waals surface area contributed by atoms with Gasteiger partial charge in [0.15, 0.2) is 0 Å². The van der Waals surface area contributed by atoms with Gasteiger partial charge in [-0.25, -0.2) is 0 Å². The molecular weight excluding hydrogens is 397 g/mol. The maximum absolute atomic E-state index is 13.0. The Hall–Kier alpha value is -2.29. The van der Waals surface area contributed by atoms with Crippen LogP contribution in [-0.4, -0.2) is 26.2 Å². The number of methoxy groups -OCH3 is 1. The Morgan fingerprint density at radius 2 is 1.89 bits per heavy atom. The number of carbonyl (C=O) groups is 1. The van der Waals surface area contributed by atoms with Crippen molar-refractivity contribution < 1.29 is 27.4 Å². The third-order valence-electron chi connectivity index (χ3n) is 3.67. The van der Waals surface area contributed by atoms with Gasteiger partial charge in [0.25, 0.3) is 5.91 Å². The molecule has 0 spiro atoms. The monoisotopic (exact) mass is 418 g/mol. The lowest BCUT2D eigenvalue weighted by molar-refractivity contribution is -0.137. The van der Waals surface area contributed by atoms with Crippen LogP contribution in [-0.2, 0) is 17.5 Å². The molecule has 0 bridgehead atoms. The van der Waals surface area contributed by atoms with E-state index in [-0.39, 0.29) is 35.8 Å². The van der Waals surface area contributed by atoms with Crippen molar-refractivity contribution in [2.75, 3.05) is 25.6 Å². The summed E-state index contributed by atoms with van der Waals surface area (Å²) in [5.41, 5.74) is 5.16. The maximum Gasteiger partial charge on any atom is 0.416 e. The van der Waals surface area contributed by atoms with Gasteiger partial charge in [-0.05, 0) is 42.0 Å². The van der Waals surface area contributed by atoms with Gasteiger partial charge < -0.3 is 20.5 Å². The van der Waals surface area contributed by atoms with Crippen LogP contribution >= 0.6 is 12.4 Å². The summed E-state index contributed by atoms with van der Waals surface area (Å²) < 4.78 is 49.4. The van der Waals surface area contributed by atoms with Crippen molar-refractivity contribution >= 4 is 24.0 Å². The number of carbonyl (C=O) groups excluding carboxylic acids is 1. The average molecular weight is 419 g/mol. The average Bonchev–Trinajstić information content (AvgIpc) is 2.64. The number of rotatable bonds is 8. The van der Waals surface area contributed by atoms with E-state index in [1.807, 2.05) is 0 Å². The SMILES string of the molecule is COCCCOc1cccc(C(=O)Nc2cc(CN)cc(C(F)(F)F)c2)c1.Cl. The second-order valence-corrected chi connectivity index (χ2v) is 5.80. The summed E-state index contributed by atoms with van der Waals surface area (Å²) in [4.78, 5) is 12.4. The van der Waals surface area contributed by atoms with Gasteiger partial charge in [-0.1, -0.05) is 6.07 Å². The highest BCUT2D eigenvalue weighted by Crippen LogP contribution is 2.32. The number of nitrogens with two attached hydrogens (primary N) is 1. The summed E-state index contributed by atoms with van der Waals surface area (Å²) in [6.07, 6.45) is -3.83. The van der Waals surface area contributed by atoms with Crippen molar-refractivity contribution in [1.82, 2.24) is 0 Å². The van der Waals surface area contributed by atoms with Gasteiger partial charge in [-0.15, -0.1) is 12.4 Å². The molecule has 0 aliphatic heterocycles. The second kappa shape index (κ2) is 10.9. The van der Waals surface area contributed by atoms with Crippen LogP contribution in [0.4, 0.5) is 18.9 Å². The van der Waals surface area contributed by atoms with Crippen molar-refractivity contribution in [3.8, 4) is 5.75 Å². The smallest absolute Gasteiger partial charge is 0.416 e. The van der Waals surface area contributed by atoms with Gasteiger partial charge in [0.1, 0.15) is 5.75 Å². The summed E-state index contributed by atoms with van der Waals surface area (Å²) in [5.74, 6) is -0.0509. The molecule has 1 amide bonds. The Morgan fingerprint density at radius 3 is 2.54 bits per heavy atom. The molecule has 3 N–H and O–H groups in total. The van der Waals surface area contributed by atoms with Crippen molar-refractivity contribution in [3.63, 3.8) is 0 Å². The molecule has 0 aliphatic carbocycles. The molecule has 0 fully saturated rings. The topological polar surface area (TPSA) is 73.6 Å². The number of hydrogen-bond acceptors (Lipinski definition) is 4. The molecule has 2 rings (SSSR count). The molecule has 0 radical (unpaired) electrons. The molecule has 2 aromatic carbocycles. The highest BCUT2D eigenvalue weighted by Gasteiger charge is 2.31. The Morgan fingerprint density at radius 1 is 1.14 bits per heavy atom. The Balaban J connectivity index is 0.00000392. The van der Waals surface area contributed by atoms with Gasteiger partial charge in [-0.2, -0.15) is 13.2 Å². The van der Waals surface area contributed by atoms with Gasteiger partial charge in [0.2, 0.25) is 0 Å². The van der Waals surface area contributed by atoms with Crippen molar-refractivity contribution in [1.29, 1.82) is 0 Å². The third kappa shape index (κ3) is 7.03. The molecule has 0 unspecified atom stereocenters. The highest BCUT2D eigenvalue weighted by atomic mass is 35.5. The largest absolute Gasteiger partial charge is 0.493 e. The number of halogens is 4. The number of ether oxygens (including phenoxy) is 2. The fourth-order valence-electron chi connectivity index (χ4n) is 2.37. The zero-order valence-corrected chi connectivity index (χ0v) is 16.0. The van der Waals surface area contributed by atoms with Gasteiger partial charge >= 0.3 is 6.18 Å². The van der Waals surface area contributed by atoms with E-state index >= 15 is 0 Å². The normalized spacial score (nSPS) is 10.9. The van der Waals surface area contributed by atoms with E-state index in [0.29, 0.717) is 25.4 Å². The highest BCUT2D eigenvalue weighted by molar-refractivity contribution is 6.04. The number of nitrogens with one attached hydrogen (secondary N) is 1. The van der Waals surface area contributed by atoms with Crippen LogP contribution in [0.3, 0.4) is 0 Å². The molecule has 0 saturated heterocycles. The molecule has 0 atom stereocenters. The zero-order chi connectivity index (χ0) is 19.9. The fourth-order valence-corrected chi connectivity index (χ4v) is 2.37. The minimum Gasteiger partial charge on any atom is -0.493 e. The van der Waals surface area contributed by atoms with Gasteiger partial charge in [0, 0.05) is 37.9 Å². The Labute approximate surface area is 167 Å². The first-order chi connectivity index (χ1) is 12.8. The van der Waals surface area contributed by atoms with E-state index in [1.165, 1.54) is 12.1 Å². The van der Waals surface area contributed by atoms with Crippen LogP contribution in [0.15, 0.2) is 42.5 Å². The first kappa shape index (κ1) is 23.7. The lowest BCUT2D eigenvalue weighted by Crippen LogP contribution is -2.14. The molecular formula is C19H22ClF3N2O3. The maximum atomic E-state index is 13.0. The van der Waals surface area contributed by atoms with Crippen LogP contribution in [0.2, 0.25) is 0 Å². The lowest BCUT2D eigenvalue weighted by Gasteiger charge is -2.13. The van der Waals surface area contributed by atoms with E-state index in [9.17, 15) is 18.0 Å². The van der Waals surface area contributed by atoms with Crippen molar-refractivity contribution in [2.24, 2.45) is 5.73 Å². The number of alkyl halides is 3. The van der Waals surface area contributed by atoms with Gasteiger partial charge in [0.05, 0.1) is 12.2 Å². The summed E-state index contributed by atoms with van der Waals surface area (Å²) in [6.45, 7) is 0.906. The fraction of sp³-hybridized carbons (Fsp3) is 0.316. The molecule has 0 saturated carbocycles. The predicted molar refractivity (Wildman–Crippen MR) is 103 cm³/mol. The quantitative estimate of drug-likeness (QED) is 0.628. The third-order valence-corrected chi connectivity index (χ3v) is 3.67. The van der Waals surface area contributed by atoms with E-state index in [4.69, 9.17) is 15.2 Å². The molecule has 0 heterocycles. The number of amides is 1. The summed E-state index contributed by atoms with van der Waals surface area (Å²) in [7, 11) is 1.59. The Bertz CT molecular complexity index is 785. The molecule has 2 aromatic rings. The summed E-state index contributed by atoms with van der Waals surface area (Å²) in [6, 6.07) is 9.66. The molecule has 9 heteroatoms. The van der Waals surface area contributed by atoms with Crippen molar-refractivity contribution in [3.05, 3.63) is 59.2 Å². The van der Waals surface area contributed by atoms with E-state index in [2.05, 4.69) is 5.32 Å². The summed E-state index contributed by atoms with van der Waals surface area (Å²) >= 11 is 0. The van der Waals surface area contributed by atoms with E-state index in [0.717, 1.165) is 12.1 Å². The Kier molecular flexibility index (Phi) is 9.24. The number of hydrogen-bond donors (Lipinski definition) is 2. The minimum atomic E-state index is -4.53. The van der Waals surface area contributed by atoms with Crippen LogP contribution in [0.25, 0.3) is 0 Å². The second-order valence-electron chi connectivity index (χ2n) is 5.80. The number of anilines is 1. The summed E-state index contributed by atoms with van der Waals surface area (Å²) in [5, 5.41) is 2.48. The zero-order valence-electron chi connectivity index (χ0n) is 15.2. The first-order valence-electron chi connectivity index (χ1n) is 8.28. The van der Waals surface area contributed by atoms with Crippen LogP contribution in [0.5, 0.6) is 5.75 Å². The van der Waals surface area contributed by atoms with Crippen molar-refractivity contribution in [2.45, 2.75) is 19.1 Å². The number of benzene rings is 2. The molecule has 28 heavy (non-hydrogen) atoms. The predicted octanol–water partition coefficient (Wildman–Crippen LogP) is 4.25. The lowest BCUT2D eigenvalue weighted by atomic mass is 10.1. The standard InChI is InChI=1S/C19H21F3N2O3.ClH/c1-26-6-3-7-27-17-5-2-4-14(10-17)18(25)24-16-9-13(12-23)8-15(11-16)19(20,21)22;/h2,4-5,8-11H,3,6-7,12,23H2,1H3,(H,24,25);1H. The molecule has 154 valence electrons. The minimum absolute atomic E-state index is 0. The van der Waals surface area contributed by atoms with E-state index < -0.39 is 17.6 Å². The van der Waals surface area contributed by atoms with Crippen LogP contribution in [0.1, 0.15) is 27.9 Å². The van der Waals surface area contributed by atoms with E-state index in [1.54, 1.807) is 25.3 Å². The first-order valence-corrected chi connectivity index (χ1v) is 8.28. The molecule has 5 nitrogen and oxygen atoms in total. The molecule has 0 aliphatic rings. The molecule has 0 aromatic heterocycles. The van der Waals surface area contributed by atoms with Gasteiger partial charge in [-0.3, -0.25) is 4.79 Å². The van der Waals surface area contributed by atoms with Crippen LogP contribution < -0.4 is 15.8 Å². The van der Waals surface area contributed by atoms with Crippen LogP contribution in [0, 0.1) is 0 Å².